The minimum Gasteiger partial charge on any atom is -0.390 e. The van der Waals surface area contributed by atoms with Crippen molar-refractivity contribution in [3.8, 4) is 0 Å². The molecule has 1 atom stereocenters. The van der Waals surface area contributed by atoms with Gasteiger partial charge in [0.2, 0.25) is 0 Å². The highest BCUT2D eigenvalue weighted by Crippen LogP contribution is 2.24. The Morgan fingerprint density at radius 1 is 1.29 bits per heavy atom. The summed E-state index contributed by atoms with van der Waals surface area (Å²) in [5.74, 6) is -0.349. The highest BCUT2D eigenvalue weighted by atomic mass is 79.9. The van der Waals surface area contributed by atoms with Gasteiger partial charge in [0.25, 0.3) is 0 Å². The third-order valence-electron chi connectivity index (χ3n) is 3.20. The van der Waals surface area contributed by atoms with Crippen LogP contribution in [0.25, 0.3) is 0 Å². The monoisotopic (exact) mass is 304 g/mol. The first-order valence-corrected chi connectivity index (χ1v) is 6.56. The lowest BCUT2D eigenvalue weighted by Crippen LogP contribution is -2.42. The second-order valence-electron chi connectivity index (χ2n) is 4.31. The van der Waals surface area contributed by atoms with Crippen LogP contribution in [0, 0.1) is 5.82 Å². The maximum Gasteiger partial charge on any atom is 0.124 e. The van der Waals surface area contributed by atoms with Crippen LogP contribution in [-0.4, -0.2) is 21.9 Å². The maximum absolute atomic E-state index is 13.2. The van der Waals surface area contributed by atoms with Gasteiger partial charge < -0.3 is 10.2 Å². The van der Waals surface area contributed by atoms with E-state index >= 15 is 0 Å². The van der Waals surface area contributed by atoms with E-state index in [-0.39, 0.29) is 12.2 Å². The van der Waals surface area contributed by atoms with Gasteiger partial charge in [0.15, 0.2) is 0 Å². The molecule has 0 aliphatic carbocycles. The third kappa shape index (κ3) is 3.76. The SMILES string of the molecule is CCC(O)(CC)C(O)Cc1cc(F)cc(Br)c1. The molecule has 0 aliphatic rings. The summed E-state index contributed by atoms with van der Waals surface area (Å²) in [4.78, 5) is 0. The number of hydrogen-bond donors (Lipinski definition) is 2. The molecular weight excluding hydrogens is 287 g/mol. The van der Waals surface area contributed by atoms with Gasteiger partial charge >= 0.3 is 0 Å². The van der Waals surface area contributed by atoms with Crippen LogP contribution in [0.3, 0.4) is 0 Å². The van der Waals surface area contributed by atoms with E-state index in [2.05, 4.69) is 15.9 Å². The molecular formula is C13H18BrFO2. The molecule has 1 rings (SSSR count). The molecule has 96 valence electrons. The quantitative estimate of drug-likeness (QED) is 0.878. The van der Waals surface area contributed by atoms with Gasteiger partial charge in [-0.2, -0.15) is 0 Å². The lowest BCUT2D eigenvalue weighted by Gasteiger charge is -2.31. The Balaban J connectivity index is 2.83. The summed E-state index contributed by atoms with van der Waals surface area (Å²) < 4.78 is 13.8. The van der Waals surface area contributed by atoms with Crippen molar-refractivity contribution < 1.29 is 14.6 Å². The number of aliphatic hydroxyl groups is 2. The maximum atomic E-state index is 13.2. The van der Waals surface area contributed by atoms with E-state index in [1.54, 1.807) is 6.07 Å². The molecule has 1 aromatic carbocycles. The van der Waals surface area contributed by atoms with Crippen LogP contribution in [0.2, 0.25) is 0 Å². The van der Waals surface area contributed by atoms with E-state index in [4.69, 9.17) is 0 Å². The summed E-state index contributed by atoms with van der Waals surface area (Å²) in [5, 5.41) is 20.2. The standard InChI is InChI=1S/C13H18BrFO2/c1-3-13(17,4-2)12(16)7-9-5-10(14)8-11(15)6-9/h5-6,8,12,16-17H,3-4,7H2,1-2H3. The second kappa shape index (κ2) is 5.94. The number of aliphatic hydroxyl groups excluding tert-OH is 1. The molecule has 0 saturated heterocycles. The van der Waals surface area contributed by atoms with Gasteiger partial charge in [0.05, 0.1) is 11.7 Å². The first-order chi connectivity index (χ1) is 7.91. The molecule has 0 aliphatic heterocycles. The topological polar surface area (TPSA) is 40.5 Å². The molecule has 0 spiro atoms. The van der Waals surface area contributed by atoms with Crippen molar-refractivity contribution in [1.82, 2.24) is 0 Å². The summed E-state index contributed by atoms with van der Waals surface area (Å²) in [5.41, 5.74) is -0.427. The first-order valence-electron chi connectivity index (χ1n) is 5.76. The Bertz CT molecular complexity index is 357. The van der Waals surface area contributed by atoms with Crippen LogP contribution < -0.4 is 0 Å². The minimum absolute atomic E-state index is 0.245. The lowest BCUT2D eigenvalue weighted by atomic mass is 9.87. The van der Waals surface area contributed by atoms with Gasteiger partial charge in [-0.25, -0.2) is 4.39 Å². The Hall–Kier alpha value is -0.450. The van der Waals surface area contributed by atoms with Crippen LogP contribution in [-0.2, 0) is 6.42 Å². The lowest BCUT2D eigenvalue weighted by molar-refractivity contribution is -0.0790. The average molecular weight is 305 g/mol. The van der Waals surface area contributed by atoms with Crippen LogP contribution in [0.15, 0.2) is 22.7 Å². The summed E-state index contributed by atoms with van der Waals surface area (Å²) in [7, 11) is 0. The van der Waals surface area contributed by atoms with Gasteiger partial charge in [-0.05, 0) is 36.6 Å². The van der Waals surface area contributed by atoms with Crippen molar-refractivity contribution in [2.45, 2.75) is 44.8 Å². The Labute approximate surface area is 110 Å². The van der Waals surface area contributed by atoms with E-state index in [1.807, 2.05) is 13.8 Å². The number of hydrogen-bond acceptors (Lipinski definition) is 2. The minimum atomic E-state index is -1.10. The van der Waals surface area contributed by atoms with Crippen LogP contribution in [0.4, 0.5) is 4.39 Å². The van der Waals surface area contributed by atoms with Crippen molar-refractivity contribution in [2.24, 2.45) is 0 Å². The van der Waals surface area contributed by atoms with Crippen molar-refractivity contribution in [3.05, 3.63) is 34.1 Å². The van der Waals surface area contributed by atoms with Crippen LogP contribution in [0.5, 0.6) is 0 Å². The van der Waals surface area contributed by atoms with E-state index < -0.39 is 11.7 Å². The zero-order chi connectivity index (χ0) is 13.1. The Morgan fingerprint density at radius 2 is 1.88 bits per heavy atom. The smallest absolute Gasteiger partial charge is 0.124 e. The average Bonchev–Trinajstić information content (AvgIpc) is 2.26. The zero-order valence-electron chi connectivity index (χ0n) is 10.1. The van der Waals surface area contributed by atoms with Gasteiger partial charge in [-0.1, -0.05) is 29.8 Å². The van der Waals surface area contributed by atoms with Crippen LogP contribution in [0.1, 0.15) is 32.3 Å². The van der Waals surface area contributed by atoms with Crippen molar-refractivity contribution in [1.29, 1.82) is 0 Å². The van der Waals surface area contributed by atoms with Crippen molar-refractivity contribution in [3.63, 3.8) is 0 Å². The van der Waals surface area contributed by atoms with E-state index in [0.717, 1.165) is 0 Å². The van der Waals surface area contributed by atoms with E-state index in [9.17, 15) is 14.6 Å². The fraction of sp³-hybridized carbons (Fsp3) is 0.538. The normalized spacial score (nSPS) is 13.8. The molecule has 0 bridgehead atoms. The molecule has 0 heterocycles. The molecule has 4 heteroatoms. The molecule has 0 aromatic heterocycles. The van der Waals surface area contributed by atoms with E-state index in [1.165, 1.54) is 12.1 Å². The van der Waals surface area contributed by atoms with Gasteiger partial charge in [0, 0.05) is 10.9 Å². The first kappa shape index (κ1) is 14.6. The summed E-state index contributed by atoms with van der Waals surface area (Å²) in [6.45, 7) is 3.66. The Morgan fingerprint density at radius 3 is 2.35 bits per heavy atom. The molecule has 1 unspecified atom stereocenters. The molecule has 2 N–H and O–H groups in total. The molecule has 1 aromatic rings. The number of rotatable bonds is 5. The molecule has 0 radical (unpaired) electrons. The predicted molar refractivity (Wildman–Crippen MR) is 69.3 cm³/mol. The van der Waals surface area contributed by atoms with Crippen molar-refractivity contribution in [2.75, 3.05) is 0 Å². The van der Waals surface area contributed by atoms with E-state index in [0.29, 0.717) is 22.9 Å². The highest BCUT2D eigenvalue weighted by molar-refractivity contribution is 9.10. The third-order valence-corrected chi connectivity index (χ3v) is 3.65. The fourth-order valence-corrected chi connectivity index (χ4v) is 2.38. The van der Waals surface area contributed by atoms with Crippen molar-refractivity contribution >= 4 is 15.9 Å². The largest absolute Gasteiger partial charge is 0.390 e. The zero-order valence-corrected chi connectivity index (χ0v) is 11.7. The highest BCUT2D eigenvalue weighted by Gasteiger charge is 2.31. The second-order valence-corrected chi connectivity index (χ2v) is 5.22. The predicted octanol–water partition coefficient (Wildman–Crippen LogP) is 3.04. The van der Waals surface area contributed by atoms with Crippen LogP contribution >= 0.6 is 15.9 Å². The molecule has 2 nitrogen and oxygen atoms in total. The molecule has 0 saturated carbocycles. The number of halogens is 2. The molecule has 17 heavy (non-hydrogen) atoms. The Kier molecular flexibility index (Phi) is 5.10. The fourth-order valence-electron chi connectivity index (χ4n) is 1.86. The summed E-state index contributed by atoms with van der Waals surface area (Å²) in [6, 6.07) is 4.49. The van der Waals surface area contributed by atoms with Gasteiger partial charge in [-0.3, -0.25) is 0 Å². The van der Waals surface area contributed by atoms with Gasteiger partial charge in [-0.15, -0.1) is 0 Å². The summed E-state index contributed by atoms with van der Waals surface area (Å²) in [6.07, 6.45) is 0.308. The number of benzene rings is 1. The molecule has 0 fully saturated rings. The molecule has 0 amide bonds. The summed E-state index contributed by atoms with van der Waals surface area (Å²) >= 11 is 3.20. The van der Waals surface area contributed by atoms with Gasteiger partial charge in [0.1, 0.15) is 5.82 Å².